The maximum absolute atomic E-state index is 13.3. The molecular formula is C31H43N5O3. The Morgan fingerprint density at radius 2 is 1.69 bits per heavy atom. The van der Waals surface area contributed by atoms with Crippen LogP contribution in [0.3, 0.4) is 0 Å². The highest BCUT2D eigenvalue weighted by molar-refractivity contribution is 6.14. The van der Waals surface area contributed by atoms with Gasteiger partial charge >= 0.3 is 0 Å². The van der Waals surface area contributed by atoms with Crippen molar-refractivity contribution in [3.05, 3.63) is 59.2 Å². The summed E-state index contributed by atoms with van der Waals surface area (Å²) in [5.74, 6) is 0.697. The van der Waals surface area contributed by atoms with E-state index in [-0.39, 0.29) is 17.6 Å². The largest absolute Gasteiger partial charge is 0.490 e. The topological polar surface area (TPSA) is 104 Å². The second-order valence-electron chi connectivity index (χ2n) is 11.4. The summed E-state index contributed by atoms with van der Waals surface area (Å²) in [6.07, 6.45) is 8.11. The Kier molecular flexibility index (Phi) is 8.85. The molecule has 0 aromatic heterocycles. The van der Waals surface area contributed by atoms with Crippen LogP contribution < -0.4 is 15.8 Å². The number of morpholine rings is 1. The van der Waals surface area contributed by atoms with Crippen LogP contribution in [0.5, 0.6) is 5.75 Å². The van der Waals surface area contributed by atoms with Crippen molar-refractivity contribution in [3.63, 3.8) is 0 Å². The van der Waals surface area contributed by atoms with Gasteiger partial charge in [0.1, 0.15) is 11.9 Å². The van der Waals surface area contributed by atoms with Crippen LogP contribution in [0.4, 0.5) is 5.69 Å². The number of anilines is 1. The first kappa shape index (κ1) is 27.6. The fraction of sp³-hybridized carbons (Fsp3) is 0.548. The fourth-order valence-corrected chi connectivity index (χ4v) is 6.26. The van der Waals surface area contributed by atoms with Crippen LogP contribution in [-0.2, 0) is 4.74 Å². The van der Waals surface area contributed by atoms with E-state index < -0.39 is 0 Å². The van der Waals surface area contributed by atoms with Crippen molar-refractivity contribution in [1.82, 2.24) is 15.1 Å². The third kappa shape index (κ3) is 6.62. The summed E-state index contributed by atoms with van der Waals surface area (Å²) in [5.41, 5.74) is 8.89. The van der Waals surface area contributed by atoms with Crippen molar-refractivity contribution in [2.75, 3.05) is 58.7 Å². The van der Waals surface area contributed by atoms with Crippen LogP contribution in [0.25, 0.3) is 0 Å². The van der Waals surface area contributed by atoms with Crippen LogP contribution in [-0.4, -0.2) is 86.0 Å². The van der Waals surface area contributed by atoms with Gasteiger partial charge in [-0.1, -0.05) is 19.3 Å². The lowest BCUT2D eigenvalue weighted by atomic mass is 9.79. The van der Waals surface area contributed by atoms with Gasteiger partial charge in [0.2, 0.25) is 0 Å². The molecular weight excluding hydrogens is 490 g/mol. The van der Waals surface area contributed by atoms with Gasteiger partial charge in [0.25, 0.3) is 5.91 Å². The maximum atomic E-state index is 13.3. The van der Waals surface area contributed by atoms with Crippen molar-refractivity contribution >= 4 is 17.3 Å². The standard InChI is InChI=1S/C31H43N5O3/c1-35-15-11-26(12-16-35)39-25-8-5-23(6-9-25)29(33)27-21-24(7-10-28(27)32)30(37)34-22-31(13-3-2-4-14-31)36-17-19-38-20-18-36/h5-10,21,26,33H,2-4,11-20,22,32H2,1H3,(H,34,37). The third-order valence-electron chi connectivity index (χ3n) is 8.74. The average molecular weight is 534 g/mol. The number of benzene rings is 2. The summed E-state index contributed by atoms with van der Waals surface area (Å²) in [6, 6.07) is 12.9. The second-order valence-corrected chi connectivity index (χ2v) is 11.4. The number of carbonyl (C=O) groups is 1. The molecule has 2 aliphatic heterocycles. The van der Waals surface area contributed by atoms with E-state index in [0.717, 1.165) is 76.4 Å². The van der Waals surface area contributed by atoms with E-state index in [2.05, 4.69) is 22.2 Å². The minimum atomic E-state index is -0.121. The van der Waals surface area contributed by atoms with Crippen LogP contribution >= 0.6 is 0 Å². The molecule has 0 spiro atoms. The number of hydrogen-bond acceptors (Lipinski definition) is 7. The Balaban J connectivity index is 1.24. The molecule has 1 saturated carbocycles. The van der Waals surface area contributed by atoms with Gasteiger partial charge in [-0.05, 0) is 75.2 Å². The number of likely N-dealkylation sites (tertiary alicyclic amines) is 1. The lowest BCUT2D eigenvalue weighted by Crippen LogP contribution is -2.59. The van der Waals surface area contributed by atoms with Gasteiger partial charge in [0.05, 0.1) is 18.9 Å². The van der Waals surface area contributed by atoms with E-state index in [1.54, 1.807) is 18.2 Å². The number of nitrogens with one attached hydrogen (secondary N) is 2. The maximum Gasteiger partial charge on any atom is 0.251 e. The normalized spacial score (nSPS) is 20.8. The Bertz CT molecular complexity index is 1130. The Morgan fingerprint density at radius 3 is 2.38 bits per heavy atom. The van der Waals surface area contributed by atoms with Crippen molar-refractivity contribution in [1.29, 1.82) is 5.41 Å². The van der Waals surface area contributed by atoms with Crippen LogP contribution in [0, 0.1) is 5.41 Å². The van der Waals surface area contributed by atoms with E-state index in [1.165, 1.54) is 19.3 Å². The molecule has 1 aliphatic carbocycles. The number of hydrogen-bond donors (Lipinski definition) is 3. The number of nitrogens with zero attached hydrogens (tertiary/aromatic N) is 2. The van der Waals surface area contributed by atoms with Gasteiger partial charge in [-0.3, -0.25) is 15.1 Å². The summed E-state index contributed by atoms with van der Waals surface area (Å²) < 4.78 is 11.8. The number of rotatable bonds is 8. The molecule has 1 amide bonds. The summed E-state index contributed by atoms with van der Waals surface area (Å²) in [7, 11) is 2.14. The molecule has 3 fully saturated rings. The van der Waals surface area contributed by atoms with E-state index in [9.17, 15) is 4.79 Å². The van der Waals surface area contributed by atoms with Gasteiger partial charge in [-0.25, -0.2) is 0 Å². The van der Waals surface area contributed by atoms with Gasteiger partial charge in [-0.2, -0.15) is 0 Å². The zero-order valence-electron chi connectivity index (χ0n) is 23.2. The lowest BCUT2D eigenvalue weighted by Gasteiger charge is -2.48. The number of carbonyl (C=O) groups excluding carboxylic acids is 1. The highest BCUT2D eigenvalue weighted by Gasteiger charge is 2.39. The predicted octanol–water partition coefficient (Wildman–Crippen LogP) is 3.92. The summed E-state index contributed by atoms with van der Waals surface area (Å²) >= 11 is 0. The smallest absolute Gasteiger partial charge is 0.251 e. The molecule has 0 bridgehead atoms. The first-order valence-electron chi connectivity index (χ1n) is 14.5. The summed E-state index contributed by atoms with van der Waals surface area (Å²) in [6.45, 7) is 6.06. The molecule has 5 rings (SSSR count). The fourth-order valence-electron chi connectivity index (χ4n) is 6.26. The minimum Gasteiger partial charge on any atom is -0.490 e. The summed E-state index contributed by atoms with van der Waals surface area (Å²) in [5, 5.41) is 12.1. The minimum absolute atomic E-state index is 0.00159. The molecule has 8 nitrogen and oxygen atoms in total. The highest BCUT2D eigenvalue weighted by atomic mass is 16.5. The molecule has 39 heavy (non-hydrogen) atoms. The zero-order valence-corrected chi connectivity index (χ0v) is 23.2. The van der Waals surface area contributed by atoms with E-state index >= 15 is 0 Å². The van der Waals surface area contributed by atoms with Gasteiger partial charge < -0.3 is 25.4 Å². The lowest BCUT2D eigenvalue weighted by molar-refractivity contribution is -0.0361. The molecule has 2 heterocycles. The van der Waals surface area contributed by atoms with E-state index in [1.807, 2.05) is 24.3 Å². The SMILES string of the molecule is CN1CCC(Oc2ccc(C(=N)c3cc(C(=O)NCC4(N5CCOCC5)CCCCC4)ccc3N)cc2)CC1. The average Bonchev–Trinajstić information content (AvgIpc) is 2.98. The van der Waals surface area contributed by atoms with Crippen molar-refractivity contribution in [2.24, 2.45) is 0 Å². The van der Waals surface area contributed by atoms with Crippen LogP contribution in [0.15, 0.2) is 42.5 Å². The molecule has 3 aliphatic rings. The van der Waals surface area contributed by atoms with Gasteiger partial charge in [0.15, 0.2) is 0 Å². The number of nitrogen functional groups attached to an aromatic ring is 1. The molecule has 0 radical (unpaired) electrons. The Hall–Kier alpha value is -2.94. The van der Waals surface area contributed by atoms with Crippen LogP contribution in [0.1, 0.15) is 66.4 Å². The molecule has 2 saturated heterocycles. The van der Waals surface area contributed by atoms with Crippen molar-refractivity contribution in [2.45, 2.75) is 56.6 Å². The quantitative estimate of drug-likeness (QED) is 0.351. The Labute approximate surface area is 232 Å². The van der Waals surface area contributed by atoms with E-state index in [4.69, 9.17) is 20.6 Å². The Morgan fingerprint density at radius 1 is 1.03 bits per heavy atom. The van der Waals surface area contributed by atoms with Crippen molar-refractivity contribution < 1.29 is 14.3 Å². The molecule has 210 valence electrons. The number of amides is 1. The number of ether oxygens (including phenoxy) is 2. The molecule has 2 aromatic rings. The van der Waals surface area contributed by atoms with Crippen molar-refractivity contribution in [3.8, 4) is 5.75 Å². The molecule has 0 atom stereocenters. The number of piperidine rings is 1. The zero-order chi connectivity index (χ0) is 27.2. The second kappa shape index (κ2) is 12.5. The first-order chi connectivity index (χ1) is 18.9. The predicted molar refractivity (Wildman–Crippen MR) is 155 cm³/mol. The molecule has 8 heteroatoms. The molecule has 4 N–H and O–H groups in total. The number of nitrogens with two attached hydrogens (primary N) is 1. The van der Waals surface area contributed by atoms with Gasteiger partial charge in [0, 0.05) is 60.6 Å². The molecule has 0 unspecified atom stereocenters. The summed E-state index contributed by atoms with van der Waals surface area (Å²) in [4.78, 5) is 18.2. The molecule has 2 aromatic carbocycles. The monoisotopic (exact) mass is 533 g/mol. The van der Waals surface area contributed by atoms with E-state index in [0.29, 0.717) is 29.1 Å². The van der Waals surface area contributed by atoms with Gasteiger partial charge in [-0.15, -0.1) is 0 Å². The first-order valence-corrected chi connectivity index (χ1v) is 14.5. The third-order valence-corrected chi connectivity index (χ3v) is 8.74. The van der Waals surface area contributed by atoms with Crippen LogP contribution in [0.2, 0.25) is 0 Å². The highest BCUT2D eigenvalue weighted by Crippen LogP contribution is 2.34.